The number of para-hydroxylation sites is 2. The lowest BCUT2D eigenvalue weighted by Crippen LogP contribution is -2.44. The molecule has 1 saturated heterocycles. The maximum atomic E-state index is 13.7. The third-order valence-electron chi connectivity index (χ3n) is 6.63. The van der Waals surface area contributed by atoms with Crippen LogP contribution in [0.15, 0.2) is 72.8 Å². The second kappa shape index (κ2) is 7.89. The molecule has 6 nitrogen and oxygen atoms in total. The van der Waals surface area contributed by atoms with Crippen LogP contribution in [-0.4, -0.2) is 29.3 Å². The molecule has 0 aromatic heterocycles. The number of fused-ring (bicyclic) bond motifs is 2. The molecule has 2 aliphatic rings. The minimum Gasteiger partial charge on any atom is -0.319 e. The van der Waals surface area contributed by atoms with Gasteiger partial charge in [-0.25, -0.2) is 4.79 Å². The molecule has 3 aromatic rings. The van der Waals surface area contributed by atoms with E-state index in [1.807, 2.05) is 79.7 Å². The van der Waals surface area contributed by atoms with Gasteiger partial charge in [-0.1, -0.05) is 60.7 Å². The molecule has 1 atom stereocenters. The van der Waals surface area contributed by atoms with E-state index in [0.717, 1.165) is 51.4 Å². The van der Waals surface area contributed by atoms with Crippen molar-refractivity contribution in [3.63, 3.8) is 0 Å². The molecule has 166 valence electrons. The number of benzene rings is 3. The maximum absolute atomic E-state index is 13.7. The number of carbonyl (C=O) groups excluding carboxylic acids is 3. The normalized spacial score (nSPS) is 19.6. The number of aryl methyl sites for hydroxylation is 3. The molecule has 0 saturated carbocycles. The zero-order valence-corrected chi connectivity index (χ0v) is 18.7. The van der Waals surface area contributed by atoms with E-state index in [2.05, 4.69) is 5.32 Å². The molecule has 1 fully saturated rings. The summed E-state index contributed by atoms with van der Waals surface area (Å²) < 4.78 is 0. The van der Waals surface area contributed by atoms with Crippen LogP contribution in [0.25, 0.3) is 0 Å². The zero-order valence-electron chi connectivity index (χ0n) is 18.7. The van der Waals surface area contributed by atoms with E-state index >= 15 is 0 Å². The molecule has 2 heterocycles. The number of urea groups is 1. The number of anilines is 2. The molecule has 0 bridgehead atoms. The van der Waals surface area contributed by atoms with Gasteiger partial charge < -0.3 is 5.32 Å². The summed E-state index contributed by atoms with van der Waals surface area (Å²) in [5, 5.41) is 2.81. The fourth-order valence-electron chi connectivity index (χ4n) is 4.91. The van der Waals surface area contributed by atoms with Gasteiger partial charge in [0, 0.05) is 0 Å². The van der Waals surface area contributed by atoms with Gasteiger partial charge in [-0.15, -0.1) is 0 Å². The van der Waals surface area contributed by atoms with Crippen molar-refractivity contribution in [2.45, 2.75) is 32.2 Å². The average molecular weight is 440 g/mol. The van der Waals surface area contributed by atoms with Gasteiger partial charge in [0.2, 0.25) is 0 Å². The van der Waals surface area contributed by atoms with Crippen molar-refractivity contribution in [3.8, 4) is 0 Å². The van der Waals surface area contributed by atoms with E-state index in [-0.39, 0.29) is 12.5 Å². The lowest BCUT2D eigenvalue weighted by molar-refractivity contribution is -0.134. The molecule has 33 heavy (non-hydrogen) atoms. The Bertz CT molecular complexity index is 1240. The van der Waals surface area contributed by atoms with Crippen LogP contribution in [0, 0.1) is 6.92 Å². The number of amides is 4. The summed E-state index contributed by atoms with van der Waals surface area (Å²) in [6, 6.07) is 22.5. The molecular formula is C27H25N3O3. The minimum atomic E-state index is -1.21. The Balaban J connectivity index is 1.50. The van der Waals surface area contributed by atoms with Gasteiger partial charge in [-0.2, -0.15) is 0 Å². The van der Waals surface area contributed by atoms with Gasteiger partial charge in [0.1, 0.15) is 12.1 Å². The van der Waals surface area contributed by atoms with Crippen LogP contribution in [0.2, 0.25) is 0 Å². The number of carbonyl (C=O) groups is 3. The Morgan fingerprint density at radius 3 is 2.03 bits per heavy atom. The van der Waals surface area contributed by atoms with Gasteiger partial charge in [-0.3, -0.25) is 19.4 Å². The predicted octanol–water partition coefficient (Wildman–Crippen LogP) is 4.23. The first-order valence-electron chi connectivity index (χ1n) is 11.1. The molecular weight excluding hydrogens is 414 g/mol. The fraction of sp³-hybridized carbons (Fsp3) is 0.222. The summed E-state index contributed by atoms with van der Waals surface area (Å²) in [6.07, 6.45) is 1.62. The zero-order chi connectivity index (χ0) is 23.2. The van der Waals surface area contributed by atoms with E-state index in [0.29, 0.717) is 0 Å². The summed E-state index contributed by atoms with van der Waals surface area (Å²) in [5.41, 5.74) is 4.12. The number of nitrogens with one attached hydrogen (secondary N) is 1. The standard InChI is InChI=1S/C27H25N3O3/c1-18-9-3-6-12-21(18)27(2)25(32)29(26(33)28-27)17-24(31)30-22-13-7-4-10-19(22)15-16-20-11-5-8-14-23(20)30/h3-14H,15-17H2,1-2H3,(H,28,33). The Morgan fingerprint density at radius 1 is 0.879 bits per heavy atom. The summed E-state index contributed by atoms with van der Waals surface area (Å²) in [6.45, 7) is 3.25. The van der Waals surface area contributed by atoms with Gasteiger partial charge in [0.15, 0.2) is 0 Å². The molecule has 0 radical (unpaired) electrons. The smallest absolute Gasteiger partial charge is 0.319 e. The number of hydrogen-bond acceptors (Lipinski definition) is 3. The number of nitrogens with zero attached hydrogens (tertiary/aromatic N) is 2. The Kier molecular flexibility index (Phi) is 5.01. The molecule has 5 rings (SSSR count). The molecule has 4 amide bonds. The predicted molar refractivity (Wildman–Crippen MR) is 126 cm³/mol. The first kappa shape index (κ1) is 20.9. The lowest BCUT2D eigenvalue weighted by Gasteiger charge is -2.27. The van der Waals surface area contributed by atoms with E-state index < -0.39 is 17.5 Å². The van der Waals surface area contributed by atoms with Crippen molar-refractivity contribution in [2.75, 3.05) is 11.4 Å². The first-order valence-corrected chi connectivity index (χ1v) is 11.1. The van der Waals surface area contributed by atoms with Crippen LogP contribution in [0.4, 0.5) is 16.2 Å². The quantitative estimate of drug-likeness (QED) is 0.621. The van der Waals surface area contributed by atoms with Crippen LogP contribution < -0.4 is 10.2 Å². The molecule has 6 heteroatoms. The number of hydrogen-bond donors (Lipinski definition) is 1. The van der Waals surface area contributed by atoms with Crippen LogP contribution in [0.5, 0.6) is 0 Å². The monoisotopic (exact) mass is 439 g/mol. The highest BCUT2D eigenvalue weighted by molar-refractivity contribution is 6.12. The van der Waals surface area contributed by atoms with Crippen LogP contribution in [-0.2, 0) is 28.0 Å². The largest absolute Gasteiger partial charge is 0.325 e. The molecule has 0 spiro atoms. The van der Waals surface area contributed by atoms with Crippen LogP contribution in [0.1, 0.15) is 29.2 Å². The second-order valence-corrected chi connectivity index (χ2v) is 8.75. The van der Waals surface area contributed by atoms with Crippen molar-refractivity contribution in [3.05, 3.63) is 95.1 Å². The SMILES string of the molecule is Cc1ccccc1C1(C)NC(=O)N(CC(=O)N2c3ccccc3CCc3ccccc32)C1=O. The topological polar surface area (TPSA) is 69.7 Å². The van der Waals surface area contributed by atoms with Gasteiger partial charge in [0.05, 0.1) is 11.4 Å². The van der Waals surface area contributed by atoms with Crippen molar-refractivity contribution in [1.29, 1.82) is 0 Å². The molecule has 0 aliphatic carbocycles. The number of rotatable bonds is 3. The van der Waals surface area contributed by atoms with E-state index in [1.165, 1.54) is 0 Å². The lowest BCUT2D eigenvalue weighted by atomic mass is 9.88. The Hall–Kier alpha value is -3.93. The highest BCUT2D eigenvalue weighted by Gasteiger charge is 2.50. The molecule has 1 unspecified atom stereocenters. The Labute approximate surface area is 192 Å². The van der Waals surface area contributed by atoms with Crippen molar-refractivity contribution < 1.29 is 14.4 Å². The van der Waals surface area contributed by atoms with E-state index in [1.54, 1.807) is 11.8 Å². The summed E-state index contributed by atoms with van der Waals surface area (Å²) in [4.78, 5) is 42.7. The molecule has 1 N–H and O–H groups in total. The Morgan fingerprint density at radius 2 is 1.42 bits per heavy atom. The fourth-order valence-corrected chi connectivity index (χ4v) is 4.91. The summed E-state index contributed by atoms with van der Waals surface area (Å²) in [5.74, 6) is -0.749. The minimum absolute atomic E-state index is 0.325. The first-order chi connectivity index (χ1) is 15.9. The summed E-state index contributed by atoms with van der Waals surface area (Å²) >= 11 is 0. The third kappa shape index (κ3) is 3.39. The maximum Gasteiger partial charge on any atom is 0.325 e. The average Bonchev–Trinajstić information content (AvgIpc) is 2.95. The van der Waals surface area contributed by atoms with Crippen LogP contribution in [0.3, 0.4) is 0 Å². The number of imide groups is 1. The van der Waals surface area contributed by atoms with Crippen LogP contribution >= 0.6 is 0 Å². The van der Waals surface area contributed by atoms with Crippen molar-refractivity contribution >= 4 is 29.2 Å². The molecule has 2 aliphatic heterocycles. The molecule has 3 aromatic carbocycles. The highest BCUT2D eigenvalue weighted by Crippen LogP contribution is 2.37. The van der Waals surface area contributed by atoms with Gasteiger partial charge in [0.25, 0.3) is 11.8 Å². The summed E-state index contributed by atoms with van der Waals surface area (Å²) in [7, 11) is 0. The third-order valence-corrected chi connectivity index (χ3v) is 6.63. The van der Waals surface area contributed by atoms with Crippen molar-refractivity contribution in [1.82, 2.24) is 10.2 Å². The highest BCUT2D eigenvalue weighted by atomic mass is 16.2. The van der Waals surface area contributed by atoms with E-state index in [4.69, 9.17) is 0 Å². The second-order valence-electron chi connectivity index (χ2n) is 8.75. The van der Waals surface area contributed by atoms with Gasteiger partial charge in [-0.05, 0) is 61.1 Å². The van der Waals surface area contributed by atoms with E-state index in [9.17, 15) is 14.4 Å². The van der Waals surface area contributed by atoms with Crippen molar-refractivity contribution in [2.24, 2.45) is 0 Å². The van der Waals surface area contributed by atoms with Gasteiger partial charge >= 0.3 is 6.03 Å².